The Labute approximate surface area is 98.4 Å². The minimum Gasteiger partial charge on any atom is -0.393 e. The Balaban J connectivity index is 1.62. The predicted molar refractivity (Wildman–Crippen MR) is 63.2 cm³/mol. The summed E-state index contributed by atoms with van der Waals surface area (Å²) >= 11 is 0. The van der Waals surface area contributed by atoms with E-state index in [9.17, 15) is 5.11 Å². The molecule has 3 rings (SSSR count). The quantitative estimate of drug-likeness (QED) is 0.781. The van der Waals surface area contributed by atoms with E-state index in [2.05, 4.69) is 0 Å². The van der Waals surface area contributed by atoms with Crippen molar-refractivity contribution in [2.75, 3.05) is 6.61 Å². The van der Waals surface area contributed by atoms with Crippen molar-refractivity contribution < 1.29 is 9.84 Å². The second kappa shape index (κ2) is 4.30. The molecule has 16 heavy (non-hydrogen) atoms. The van der Waals surface area contributed by atoms with Gasteiger partial charge in [0.2, 0.25) is 0 Å². The molecule has 0 aromatic rings. The minimum atomic E-state index is -0.0323. The molecule has 2 nitrogen and oxygen atoms in total. The Morgan fingerprint density at radius 3 is 2.38 bits per heavy atom. The molecule has 1 heterocycles. The van der Waals surface area contributed by atoms with E-state index in [1.807, 2.05) is 0 Å². The maximum absolute atomic E-state index is 10.4. The SMILES string of the molecule is OC(C1CCC1)C1CCOC2(CCCC2)C1. The van der Waals surface area contributed by atoms with Crippen LogP contribution in [-0.4, -0.2) is 23.4 Å². The molecular weight excluding hydrogens is 200 g/mol. The van der Waals surface area contributed by atoms with Crippen LogP contribution in [-0.2, 0) is 4.74 Å². The molecule has 2 aliphatic carbocycles. The lowest BCUT2D eigenvalue weighted by Crippen LogP contribution is -2.44. The van der Waals surface area contributed by atoms with Gasteiger partial charge in [0.1, 0.15) is 0 Å². The number of aliphatic hydroxyl groups is 1. The molecule has 2 unspecified atom stereocenters. The molecule has 2 atom stereocenters. The standard InChI is InChI=1S/C14H24O2/c15-13(11-4-3-5-11)12-6-9-16-14(10-12)7-1-2-8-14/h11-13,15H,1-10H2. The second-order valence-electron chi connectivity index (χ2n) is 6.17. The van der Waals surface area contributed by atoms with Crippen LogP contribution >= 0.6 is 0 Å². The van der Waals surface area contributed by atoms with E-state index in [4.69, 9.17) is 4.74 Å². The van der Waals surface area contributed by atoms with E-state index in [-0.39, 0.29) is 11.7 Å². The van der Waals surface area contributed by atoms with Gasteiger partial charge in [-0.3, -0.25) is 0 Å². The second-order valence-corrected chi connectivity index (χ2v) is 6.17. The summed E-state index contributed by atoms with van der Waals surface area (Å²) in [6, 6.07) is 0. The smallest absolute Gasteiger partial charge is 0.0686 e. The molecule has 0 aromatic heterocycles. The van der Waals surface area contributed by atoms with E-state index in [0.29, 0.717) is 11.8 Å². The number of rotatable bonds is 2. The van der Waals surface area contributed by atoms with Gasteiger partial charge in [0.05, 0.1) is 11.7 Å². The van der Waals surface area contributed by atoms with Gasteiger partial charge in [-0.25, -0.2) is 0 Å². The van der Waals surface area contributed by atoms with Crippen molar-refractivity contribution in [2.24, 2.45) is 11.8 Å². The fourth-order valence-electron chi connectivity index (χ4n) is 3.89. The first-order valence-corrected chi connectivity index (χ1v) is 7.11. The van der Waals surface area contributed by atoms with Gasteiger partial charge in [0, 0.05) is 6.61 Å². The zero-order valence-electron chi connectivity index (χ0n) is 10.2. The third-order valence-corrected chi connectivity index (χ3v) is 5.16. The summed E-state index contributed by atoms with van der Waals surface area (Å²) in [6.45, 7) is 0.883. The molecule has 1 N–H and O–H groups in total. The maximum atomic E-state index is 10.4. The molecule has 0 bridgehead atoms. The van der Waals surface area contributed by atoms with Crippen LogP contribution in [0.3, 0.4) is 0 Å². The zero-order valence-corrected chi connectivity index (χ0v) is 10.2. The van der Waals surface area contributed by atoms with E-state index in [0.717, 1.165) is 19.4 Å². The van der Waals surface area contributed by atoms with Crippen molar-refractivity contribution in [3.8, 4) is 0 Å². The highest BCUT2D eigenvalue weighted by Gasteiger charge is 2.43. The third-order valence-electron chi connectivity index (χ3n) is 5.16. The minimum absolute atomic E-state index is 0.0323. The first-order chi connectivity index (χ1) is 7.79. The summed E-state index contributed by atoms with van der Waals surface area (Å²) in [5.74, 6) is 1.14. The fourth-order valence-corrected chi connectivity index (χ4v) is 3.89. The van der Waals surface area contributed by atoms with Gasteiger partial charge in [-0.2, -0.15) is 0 Å². The van der Waals surface area contributed by atoms with Gasteiger partial charge < -0.3 is 9.84 Å². The summed E-state index contributed by atoms with van der Waals surface area (Å²) in [7, 11) is 0. The monoisotopic (exact) mass is 224 g/mol. The van der Waals surface area contributed by atoms with Crippen LogP contribution < -0.4 is 0 Å². The lowest BCUT2D eigenvalue weighted by atomic mass is 9.72. The number of ether oxygens (including phenoxy) is 1. The Morgan fingerprint density at radius 1 is 1.00 bits per heavy atom. The highest BCUT2D eigenvalue weighted by atomic mass is 16.5. The van der Waals surface area contributed by atoms with Gasteiger partial charge >= 0.3 is 0 Å². The first kappa shape index (κ1) is 11.0. The topological polar surface area (TPSA) is 29.5 Å². The molecule has 3 aliphatic rings. The predicted octanol–water partition coefficient (Wildman–Crippen LogP) is 2.89. The molecule has 3 fully saturated rings. The molecule has 0 amide bonds. The summed E-state index contributed by atoms with van der Waals surface area (Å²) < 4.78 is 6.03. The van der Waals surface area contributed by atoms with Crippen LogP contribution in [0.1, 0.15) is 57.8 Å². The third kappa shape index (κ3) is 1.91. The maximum Gasteiger partial charge on any atom is 0.0686 e. The Hall–Kier alpha value is -0.0800. The van der Waals surface area contributed by atoms with Gasteiger partial charge in [-0.05, 0) is 50.4 Å². The fraction of sp³-hybridized carbons (Fsp3) is 1.00. The Kier molecular flexibility index (Phi) is 2.97. The number of hydrogen-bond acceptors (Lipinski definition) is 2. The van der Waals surface area contributed by atoms with E-state index < -0.39 is 0 Å². The average molecular weight is 224 g/mol. The van der Waals surface area contributed by atoms with Gasteiger partial charge in [-0.15, -0.1) is 0 Å². The molecule has 0 radical (unpaired) electrons. The summed E-state index contributed by atoms with van der Waals surface area (Å²) in [6.07, 6.45) is 11.1. The molecule has 1 saturated heterocycles. The van der Waals surface area contributed by atoms with Crippen LogP contribution in [0.4, 0.5) is 0 Å². The highest BCUT2D eigenvalue weighted by molar-refractivity contribution is 4.94. The summed E-state index contributed by atoms with van der Waals surface area (Å²) in [5, 5.41) is 10.4. The van der Waals surface area contributed by atoms with Gasteiger partial charge in [-0.1, -0.05) is 19.3 Å². The normalized spacial score (nSPS) is 36.2. The van der Waals surface area contributed by atoms with Crippen LogP contribution in [0.5, 0.6) is 0 Å². The number of aliphatic hydroxyl groups excluding tert-OH is 1. The van der Waals surface area contributed by atoms with Gasteiger partial charge in [0.25, 0.3) is 0 Å². The van der Waals surface area contributed by atoms with Crippen molar-refractivity contribution in [1.29, 1.82) is 0 Å². The van der Waals surface area contributed by atoms with Crippen LogP contribution in [0.25, 0.3) is 0 Å². The van der Waals surface area contributed by atoms with Crippen LogP contribution in [0, 0.1) is 11.8 Å². The van der Waals surface area contributed by atoms with Gasteiger partial charge in [0.15, 0.2) is 0 Å². The lowest BCUT2D eigenvalue weighted by molar-refractivity contribution is -0.124. The van der Waals surface area contributed by atoms with E-state index in [1.54, 1.807) is 0 Å². The number of hydrogen-bond donors (Lipinski definition) is 1. The first-order valence-electron chi connectivity index (χ1n) is 7.11. The van der Waals surface area contributed by atoms with Crippen molar-refractivity contribution >= 4 is 0 Å². The largest absolute Gasteiger partial charge is 0.393 e. The van der Waals surface area contributed by atoms with E-state index >= 15 is 0 Å². The van der Waals surface area contributed by atoms with Crippen LogP contribution in [0.15, 0.2) is 0 Å². The lowest BCUT2D eigenvalue weighted by Gasteiger charge is -2.43. The van der Waals surface area contributed by atoms with Crippen molar-refractivity contribution in [3.05, 3.63) is 0 Å². The van der Waals surface area contributed by atoms with Crippen molar-refractivity contribution in [1.82, 2.24) is 0 Å². The average Bonchev–Trinajstić information content (AvgIpc) is 2.64. The molecule has 0 aromatic carbocycles. The van der Waals surface area contributed by atoms with E-state index in [1.165, 1.54) is 44.9 Å². The Morgan fingerprint density at radius 2 is 1.75 bits per heavy atom. The Bertz CT molecular complexity index is 241. The molecule has 2 saturated carbocycles. The zero-order chi connectivity index (χ0) is 11.0. The van der Waals surface area contributed by atoms with Crippen LogP contribution in [0.2, 0.25) is 0 Å². The molecule has 2 heteroatoms. The highest BCUT2D eigenvalue weighted by Crippen LogP contribution is 2.45. The molecular formula is C14H24O2. The molecule has 1 spiro atoms. The van der Waals surface area contributed by atoms with Crippen molar-refractivity contribution in [3.63, 3.8) is 0 Å². The van der Waals surface area contributed by atoms with Crippen molar-refractivity contribution in [2.45, 2.75) is 69.5 Å². The summed E-state index contributed by atoms with van der Waals surface area (Å²) in [4.78, 5) is 0. The summed E-state index contributed by atoms with van der Waals surface area (Å²) in [5.41, 5.74) is 0.174. The molecule has 1 aliphatic heterocycles. The molecule has 92 valence electrons.